The molecule has 0 aromatic heterocycles. The van der Waals surface area contributed by atoms with Crippen molar-refractivity contribution in [3.63, 3.8) is 0 Å². The van der Waals surface area contributed by atoms with E-state index in [0.29, 0.717) is 23.7 Å². The number of hydrogen-bond acceptors (Lipinski definition) is 6. The number of allylic oxidation sites excluding steroid dienone is 2. The van der Waals surface area contributed by atoms with E-state index in [1.807, 2.05) is 0 Å². The molecular formula is C24H37NO5. The molecule has 0 amide bonds. The van der Waals surface area contributed by atoms with Crippen LogP contribution < -0.4 is 5.48 Å². The molecule has 168 valence electrons. The Morgan fingerprint density at radius 3 is 2.33 bits per heavy atom. The fourth-order valence-corrected chi connectivity index (χ4v) is 8.53. The highest BCUT2D eigenvalue weighted by molar-refractivity contribution is 5.25. The van der Waals surface area contributed by atoms with Crippen LogP contribution in [0.1, 0.15) is 58.8 Å². The molecule has 6 heteroatoms. The smallest absolute Gasteiger partial charge is 0.174 e. The molecular weight excluding hydrogens is 382 g/mol. The molecule has 0 aromatic carbocycles. The minimum Gasteiger partial charge on any atom is -0.348 e. The summed E-state index contributed by atoms with van der Waals surface area (Å²) in [7, 11) is 1.73. The van der Waals surface area contributed by atoms with Gasteiger partial charge in [0.25, 0.3) is 0 Å². The SMILES string of the molecule is CONC1=CC2CC3(CC[C@]2(C)[C@H]2CC[C@@]4(C)[C@@H](CCC45OCCO5)[C@H]12)OCCO3. The van der Waals surface area contributed by atoms with Crippen LogP contribution in [0, 0.1) is 34.5 Å². The summed E-state index contributed by atoms with van der Waals surface area (Å²) in [5.74, 6) is 1.37. The highest BCUT2D eigenvalue weighted by atomic mass is 16.7. The second-order valence-electron chi connectivity index (χ2n) is 11.0. The summed E-state index contributed by atoms with van der Waals surface area (Å²) < 4.78 is 24.9. The third kappa shape index (κ3) is 2.49. The Labute approximate surface area is 179 Å². The second kappa shape index (κ2) is 6.67. The zero-order valence-corrected chi connectivity index (χ0v) is 18.7. The van der Waals surface area contributed by atoms with E-state index < -0.39 is 0 Å². The van der Waals surface area contributed by atoms with Crippen LogP contribution >= 0.6 is 0 Å². The first-order valence-electron chi connectivity index (χ1n) is 12.0. The molecule has 2 aliphatic heterocycles. The van der Waals surface area contributed by atoms with Gasteiger partial charge >= 0.3 is 0 Å². The van der Waals surface area contributed by atoms with Crippen molar-refractivity contribution in [2.75, 3.05) is 33.5 Å². The zero-order valence-electron chi connectivity index (χ0n) is 18.7. The van der Waals surface area contributed by atoms with Gasteiger partial charge in [-0.15, -0.1) is 0 Å². The summed E-state index contributed by atoms with van der Waals surface area (Å²) in [6.07, 6.45) is 10.2. The zero-order chi connectivity index (χ0) is 20.6. The molecule has 0 radical (unpaired) electrons. The molecule has 1 N–H and O–H groups in total. The van der Waals surface area contributed by atoms with Gasteiger partial charge in [-0.2, -0.15) is 0 Å². The minimum absolute atomic E-state index is 0.0654. The van der Waals surface area contributed by atoms with Crippen molar-refractivity contribution in [1.29, 1.82) is 0 Å². The monoisotopic (exact) mass is 419 g/mol. The van der Waals surface area contributed by atoms with Crippen LogP contribution in [0.5, 0.6) is 0 Å². The third-order valence-corrected chi connectivity index (χ3v) is 10.1. The highest BCUT2D eigenvalue weighted by Crippen LogP contribution is 2.69. The summed E-state index contributed by atoms with van der Waals surface area (Å²) in [6.45, 7) is 7.89. The molecule has 0 aromatic rings. The van der Waals surface area contributed by atoms with Crippen molar-refractivity contribution < 1.29 is 23.8 Å². The summed E-state index contributed by atoms with van der Waals surface area (Å²) in [5.41, 5.74) is 4.93. The maximum absolute atomic E-state index is 6.32. The van der Waals surface area contributed by atoms with Gasteiger partial charge in [0.1, 0.15) is 0 Å². The van der Waals surface area contributed by atoms with Gasteiger partial charge in [-0.05, 0) is 48.9 Å². The van der Waals surface area contributed by atoms with Gasteiger partial charge < -0.3 is 18.9 Å². The molecule has 3 saturated carbocycles. The van der Waals surface area contributed by atoms with Crippen LogP contribution in [-0.4, -0.2) is 45.1 Å². The van der Waals surface area contributed by atoms with Gasteiger partial charge in [0.2, 0.25) is 0 Å². The molecule has 6 nitrogen and oxygen atoms in total. The molecule has 4 aliphatic carbocycles. The van der Waals surface area contributed by atoms with E-state index in [1.54, 1.807) is 7.11 Å². The number of hydrogen-bond donors (Lipinski definition) is 1. The largest absolute Gasteiger partial charge is 0.348 e. The molecule has 0 bridgehead atoms. The van der Waals surface area contributed by atoms with Gasteiger partial charge in [-0.25, -0.2) is 0 Å². The third-order valence-electron chi connectivity index (χ3n) is 10.1. The van der Waals surface area contributed by atoms with Crippen molar-refractivity contribution >= 4 is 0 Å². The van der Waals surface area contributed by atoms with E-state index in [1.165, 1.54) is 18.5 Å². The predicted octanol–water partition coefficient (Wildman–Crippen LogP) is 3.77. The summed E-state index contributed by atoms with van der Waals surface area (Å²) in [4.78, 5) is 5.52. The maximum Gasteiger partial charge on any atom is 0.174 e. The lowest BCUT2D eigenvalue weighted by Gasteiger charge is -2.61. The van der Waals surface area contributed by atoms with E-state index in [2.05, 4.69) is 25.4 Å². The van der Waals surface area contributed by atoms with Gasteiger partial charge in [0.05, 0.1) is 33.5 Å². The van der Waals surface area contributed by atoms with E-state index in [0.717, 1.165) is 58.5 Å². The average molecular weight is 420 g/mol. The van der Waals surface area contributed by atoms with E-state index >= 15 is 0 Å². The Bertz CT molecular complexity index is 727. The number of ether oxygens (including phenoxy) is 4. The Kier molecular flexibility index (Phi) is 4.45. The van der Waals surface area contributed by atoms with Crippen molar-refractivity contribution in [3.8, 4) is 0 Å². The first-order valence-corrected chi connectivity index (χ1v) is 12.0. The number of nitrogens with one attached hydrogen (secondary N) is 1. The number of hydroxylamine groups is 1. The van der Waals surface area contributed by atoms with Gasteiger partial charge in [-0.3, -0.25) is 10.3 Å². The minimum atomic E-state index is -0.374. The Morgan fingerprint density at radius 1 is 0.900 bits per heavy atom. The lowest BCUT2D eigenvalue weighted by Crippen LogP contribution is -2.59. The van der Waals surface area contributed by atoms with Gasteiger partial charge in [-0.1, -0.05) is 19.9 Å². The van der Waals surface area contributed by atoms with Crippen LogP contribution in [0.3, 0.4) is 0 Å². The van der Waals surface area contributed by atoms with E-state index in [9.17, 15) is 0 Å². The van der Waals surface area contributed by atoms with Crippen LogP contribution in [0.2, 0.25) is 0 Å². The van der Waals surface area contributed by atoms with Crippen LogP contribution in [0.4, 0.5) is 0 Å². The molecule has 2 saturated heterocycles. The van der Waals surface area contributed by atoms with Crippen LogP contribution in [-0.2, 0) is 23.8 Å². The maximum atomic E-state index is 6.32. The molecule has 6 aliphatic rings. The first-order chi connectivity index (χ1) is 14.5. The quantitative estimate of drug-likeness (QED) is 0.688. The van der Waals surface area contributed by atoms with Crippen molar-refractivity contribution in [1.82, 2.24) is 5.48 Å². The summed E-state index contributed by atoms with van der Waals surface area (Å²) in [5, 5.41) is 0. The molecule has 2 heterocycles. The van der Waals surface area contributed by atoms with Crippen molar-refractivity contribution in [2.45, 2.75) is 70.4 Å². The number of fused-ring (bicyclic) bond motifs is 6. The molecule has 6 rings (SSSR count). The highest BCUT2D eigenvalue weighted by Gasteiger charge is 2.68. The normalized spacial score (nSPS) is 48.3. The van der Waals surface area contributed by atoms with Gasteiger partial charge in [0, 0.05) is 36.3 Å². The fourth-order valence-electron chi connectivity index (χ4n) is 8.53. The second-order valence-corrected chi connectivity index (χ2v) is 11.0. The van der Waals surface area contributed by atoms with Crippen molar-refractivity contribution in [3.05, 3.63) is 11.8 Å². The first kappa shape index (κ1) is 20.0. The molecule has 30 heavy (non-hydrogen) atoms. The summed E-state index contributed by atoms with van der Waals surface area (Å²) >= 11 is 0. The van der Waals surface area contributed by atoms with Crippen LogP contribution in [0.15, 0.2) is 11.8 Å². The predicted molar refractivity (Wildman–Crippen MR) is 110 cm³/mol. The average Bonchev–Trinajstić information content (AvgIpc) is 3.45. The topological polar surface area (TPSA) is 58.2 Å². The Hall–Kier alpha value is -0.660. The fraction of sp³-hybridized carbons (Fsp3) is 0.917. The Morgan fingerprint density at radius 2 is 1.60 bits per heavy atom. The van der Waals surface area contributed by atoms with E-state index in [4.69, 9.17) is 23.8 Å². The molecule has 2 spiro atoms. The van der Waals surface area contributed by atoms with Crippen LogP contribution in [0.25, 0.3) is 0 Å². The standard InChI is InChI=1S/C24H37NO5/c1-21-8-9-23(27-10-11-28-23)15-16(21)14-19(25-26-3)20-17(21)4-6-22(2)18(20)5-7-24(22)29-12-13-30-24/h14,16-18,20,25H,4-13,15H2,1-3H3/t16?,17-,18-,20+,21-,22-/m0/s1. The number of rotatable bonds is 2. The molecule has 5 fully saturated rings. The molecule has 6 atom stereocenters. The Balaban J connectivity index is 1.38. The lowest BCUT2D eigenvalue weighted by molar-refractivity contribution is -0.248. The lowest BCUT2D eigenvalue weighted by atomic mass is 9.46. The summed E-state index contributed by atoms with van der Waals surface area (Å²) in [6, 6.07) is 0. The van der Waals surface area contributed by atoms with Gasteiger partial charge in [0.15, 0.2) is 11.6 Å². The van der Waals surface area contributed by atoms with Crippen molar-refractivity contribution in [2.24, 2.45) is 34.5 Å². The van der Waals surface area contributed by atoms with E-state index in [-0.39, 0.29) is 22.4 Å². The molecule has 1 unspecified atom stereocenters.